The minimum Gasteiger partial charge on any atom is -0.375 e. The molecule has 1 N–H and O–H groups in total. The molecule has 0 aliphatic heterocycles. The van der Waals surface area contributed by atoms with Gasteiger partial charge in [-0.2, -0.15) is 5.26 Å². The SMILES string of the molecule is CC1=CC=CC(C#N)=CC1Nc1ccc2ccccc2c1. The standard InChI is InChI=1S/C19H16N2/c1-14-5-4-6-15(13-20)11-19(14)21-18-10-9-16-7-2-3-8-17(16)12-18/h2-12,19,21H,1H3. The monoisotopic (exact) mass is 272 g/mol. The number of anilines is 1. The molecular formula is C19H16N2. The quantitative estimate of drug-likeness (QED) is 0.868. The summed E-state index contributed by atoms with van der Waals surface area (Å²) in [5, 5.41) is 15.0. The number of fused-ring (bicyclic) bond motifs is 1. The van der Waals surface area contributed by atoms with Crippen LogP contribution in [0.1, 0.15) is 6.92 Å². The maximum absolute atomic E-state index is 9.11. The molecule has 1 atom stereocenters. The summed E-state index contributed by atoms with van der Waals surface area (Å²) in [7, 11) is 0. The van der Waals surface area contributed by atoms with Crippen molar-refractivity contribution in [2.75, 3.05) is 5.32 Å². The van der Waals surface area contributed by atoms with E-state index >= 15 is 0 Å². The lowest BCUT2D eigenvalue weighted by Gasteiger charge is -2.17. The lowest BCUT2D eigenvalue weighted by molar-refractivity contribution is 1.02. The predicted octanol–water partition coefficient (Wildman–Crippen LogP) is 4.59. The number of hydrogen-bond acceptors (Lipinski definition) is 2. The fourth-order valence-electron chi connectivity index (χ4n) is 2.46. The summed E-state index contributed by atoms with van der Waals surface area (Å²) in [5.41, 5.74) is 2.92. The molecule has 3 rings (SSSR count). The van der Waals surface area contributed by atoms with Crippen molar-refractivity contribution >= 4 is 16.5 Å². The molecule has 2 heteroatoms. The van der Waals surface area contributed by atoms with Gasteiger partial charge in [0.25, 0.3) is 0 Å². The molecule has 1 aliphatic carbocycles. The van der Waals surface area contributed by atoms with Crippen LogP contribution in [0.2, 0.25) is 0 Å². The second-order valence-corrected chi connectivity index (χ2v) is 5.19. The number of benzene rings is 2. The summed E-state index contributed by atoms with van der Waals surface area (Å²) in [6.07, 6.45) is 7.77. The third kappa shape index (κ3) is 2.88. The van der Waals surface area contributed by atoms with Crippen molar-refractivity contribution < 1.29 is 0 Å². The smallest absolute Gasteiger partial charge is 0.0989 e. The Morgan fingerprint density at radius 3 is 2.71 bits per heavy atom. The minimum atomic E-state index is 0.0378. The lowest BCUT2D eigenvalue weighted by atomic mass is 10.1. The predicted molar refractivity (Wildman–Crippen MR) is 88.0 cm³/mol. The molecule has 102 valence electrons. The maximum atomic E-state index is 9.11. The lowest BCUT2D eigenvalue weighted by Crippen LogP contribution is -2.18. The average molecular weight is 272 g/mol. The van der Waals surface area contributed by atoms with Crippen LogP contribution in [0.25, 0.3) is 10.8 Å². The van der Waals surface area contributed by atoms with E-state index in [1.165, 1.54) is 16.3 Å². The van der Waals surface area contributed by atoms with Crippen LogP contribution in [0.3, 0.4) is 0 Å². The van der Waals surface area contributed by atoms with Gasteiger partial charge >= 0.3 is 0 Å². The van der Waals surface area contributed by atoms with Gasteiger partial charge in [-0.3, -0.25) is 0 Å². The highest BCUT2D eigenvalue weighted by atomic mass is 14.9. The third-order valence-electron chi connectivity index (χ3n) is 3.67. The van der Waals surface area contributed by atoms with Crippen molar-refractivity contribution in [1.29, 1.82) is 5.26 Å². The van der Waals surface area contributed by atoms with E-state index in [2.05, 4.69) is 48.6 Å². The number of nitrogens with zero attached hydrogens (tertiary/aromatic N) is 1. The average Bonchev–Trinajstić information content (AvgIpc) is 2.69. The first kappa shape index (κ1) is 13.2. The van der Waals surface area contributed by atoms with E-state index in [0.29, 0.717) is 5.57 Å². The summed E-state index contributed by atoms with van der Waals surface area (Å²) in [4.78, 5) is 0. The summed E-state index contributed by atoms with van der Waals surface area (Å²) in [6.45, 7) is 2.07. The molecule has 0 bridgehead atoms. The van der Waals surface area contributed by atoms with Crippen LogP contribution < -0.4 is 5.32 Å². The molecule has 2 aromatic carbocycles. The van der Waals surface area contributed by atoms with E-state index in [9.17, 15) is 0 Å². The molecule has 2 nitrogen and oxygen atoms in total. The molecule has 21 heavy (non-hydrogen) atoms. The Hall–Kier alpha value is -2.79. The zero-order chi connectivity index (χ0) is 14.7. The van der Waals surface area contributed by atoms with Crippen LogP contribution in [-0.4, -0.2) is 6.04 Å². The van der Waals surface area contributed by atoms with E-state index in [-0.39, 0.29) is 6.04 Å². The summed E-state index contributed by atoms with van der Waals surface area (Å²) in [6, 6.07) is 16.9. The number of rotatable bonds is 2. The van der Waals surface area contributed by atoms with E-state index in [0.717, 1.165) is 5.69 Å². The Morgan fingerprint density at radius 1 is 1.10 bits per heavy atom. The topological polar surface area (TPSA) is 35.8 Å². The molecule has 0 aromatic heterocycles. The van der Waals surface area contributed by atoms with Crippen molar-refractivity contribution in [3.05, 3.63) is 77.9 Å². The van der Waals surface area contributed by atoms with Gasteiger partial charge in [0.1, 0.15) is 0 Å². The number of nitrogens with one attached hydrogen (secondary N) is 1. The van der Waals surface area contributed by atoms with Crippen molar-refractivity contribution in [2.24, 2.45) is 0 Å². The Bertz CT molecular complexity index is 804. The van der Waals surface area contributed by atoms with Gasteiger partial charge in [-0.05, 0) is 47.6 Å². The van der Waals surface area contributed by atoms with Crippen LogP contribution in [0, 0.1) is 11.3 Å². The molecule has 0 saturated heterocycles. The molecular weight excluding hydrogens is 256 g/mol. The highest BCUT2D eigenvalue weighted by molar-refractivity contribution is 5.85. The molecule has 1 aliphatic rings. The van der Waals surface area contributed by atoms with E-state index in [1.54, 1.807) is 0 Å². The van der Waals surface area contributed by atoms with Crippen molar-refractivity contribution in [3.63, 3.8) is 0 Å². The minimum absolute atomic E-state index is 0.0378. The second kappa shape index (κ2) is 5.68. The molecule has 0 heterocycles. The molecule has 0 amide bonds. The summed E-state index contributed by atoms with van der Waals surface area (Å²) < 4.78 is 0. The molecule has 1 unspecified atom stereocenters. The van der Waals surface area contributed by atoms with Crippen LogP contribution in [0.5, 0.6) is 0 Å². The van der Waals surface area contributed by atoms with Gasteiger partial charge in [-0.25, -0.2) is 0 Å². The Morgan fingerprint density at radius 2 is 1.90 bits per heavy atom. The first-order valence-electron chi connectivity index (χ1n) is 6.98. The summed E-state index contributed by atoms with van der Waals surface area (Å²) >= 11 is 0. The molecule has 0 fully saturated rings. The van der Waals surface area contributed by atoms with Gasteiger partial charge in [0.15, 0.2) is 0 Å². The zero-order valence-corrected chi connectivity index (χ0v) is 11.9. The van der Waals surface area contributed by atoms with Crippen molar-refractivity contribution in [3.8, 4) is 6.07 Å². The molecule has 2 aromatic rings. The van der Waals surface area contributed by atoms with Crippen LogP contribution in [0.4, 0.5) is 5.69 Å². The number of nitriles is 1. The highest BCUT2D eigenvalue weighted by Gasteiger charge is 2.10. The maximum Gasteiger partial charge on any atom is 0.0989 e. The first-order chi connectivity index (χ1) is 10.3. The first-order valence-corrected chi connectivity index (χ1v) is 6.98. The Kier molecular flexibility index (Phi) is 3.57. The van der Waals surface area contributed by atoms with Crippen LogP contribution in [0.15, 0.2) is 77.9 Å². The highest BCUT2D eigenvalue weighted by Crippen LogP contribution is 2.22. The van der Waals surface area contributed by atoms with Crippen LogP contribution >= 0.6 is 0 Å². The van der Waals surface area contributed by atoms with Gasteiger partial charge < -0.3 is 5.32 Å². The van der Waals surface area contributed by atoms with Gasteiger partial charge in [-0.1, -0.05) is 42.5 Å². The largest absolute Gasteiger partial charge is 0.375 e. The van der Waals surface area contributed by atoms with Gasteiger partial charge in [0.05, 0.1) is 17.7 Å². The number of hydrogen-bond donors (Lipinski definition) is 1. The fourth-order valence-corrected chi connectivity index (χ4v) is 2.46. The van der Waals surface area contributed by atoms with E-state index in [4.69, 9.17) is 5.26 Å². The molecule has 0 spiro atoms. The van der Waals surface area contributed by atoms with Gasteiger partial charge in [-0.15, -0.1) is 0 Å². The van der Waals surface area contributed by atoms with Crippen molar-refractivity contribution in [2.45, 2.75) is 13.0 Å². The normalized spacial score (nSPS) is 17.6. The second-order valence-electron chi connectivity index (χ2n) is 5.19. The molecule has 0 saturated carbocycles. The molecule has 0 radical (unpaired) electrons. The van der Waals surface area contributed by atoms with Crippen LogP contribution in [-0.2, 0) is 0 Å². The van der Waals surface area contributed by atoms with Gasteiger partial charge in [0.2, 0.25) is 0 Å². The Balaban J connectivity index is 1.92. The Labute approximate surface area is 124 Å². The van der Waals surface area contributed by atoms with Crippen molar-refractivity contribution in [1.82, 2.24) is 0 Å². The van der Waals surface area contributed by atoms with Gasteiger partial charge in [0, 0.05) is 5.69 Å². The van der Waals surface area contributed by atoms with E-state index in [1.807, 2.05) is 36.4 Å². The van der Waals surface area contributed by atoms with E-state index < -0.39 is 0 Å². The summed E-state index contributed by atoms with van der Waals surface area (Å²) in [5.74, 6) is 0. The third-order valence-corrected chi connectivity index (χ3v) is 3.67. The zero-order valence-electron chi connectivity index (χ0n) is 11.9. The number of allylic oxidation sites excluding steroid dienone is 4. The fraction of sp³-hybridized carbons (Fsp3) is 0.105.